The minimum atomic E-state index is -1.94. The lowest BCUT2D eigenvalue weighted by atomic mass is 10.1. The number of hydrogen-bond acceptors (Lipinski definition) is 3. The summed E-state index contributed by atoms with van der Waals surface area (Å²) in [5, 5.41) is 0. The van der Waals surface area contributed by atoms with Crippen LogP contribution in [0.5, 0.6) is 0 Å². The van der Waals surface area contributed by atoms with Crippen molar-refractivity contribution >= 4 is 9.53 Å². The maximum absolute atomic E-state index is 6.08. The number of rotatable bonds is 27. The minimum Gasteiger partial charge on any atom is -0.376 e. The smallest absolute Gasteiger partial charge is 0.376 e. The topological polar surface area (TPSA) is 27.7 Å². The summed E-state index contributed by atoms with van der Waals surface area (Å²) in [6, 6.07) is 0. The standard InChI is InChI=1S/C27H58O3Si/c1-4-7-10-13-16-19-22-25-28-31(29-26-23-20-17-14-11-8-5-2)30-27-24-21-18-15-12-9-6-3/h31H,4-27H2,1-3H3. The van der Waals surface area contributed by atoms with Gasteiger partial charge in [-0.1, -0.05) is 136 Å². The van der Waals surface area contributed by atoms with Crippen molar-refractivity contribution in [2.45, 2.75) is 156 Å². The zero-order chi connectivity index (χ0) is 22.7. The van der Waals surface area contributed by atoms with E-state index in [9.17, 15) is 0 Å². The second-order valence-electron chi connectivity index (χ2n) is 9.27. The van der Waals surface area contributed by atoms with E-state index in [0.29, 0.717) is 0 Å². The number of unbranched alkanes of at least 4 members (excludes halogenated alkanes) is 18. The van der Waals surface area contributed by atoms with Gasteiger partial charge in [-0.2, -0.15) is 0 Å². The first-order valence-corrected chi connectivity index (χ1v) is 15.6. The highest BCUT2D eigenvalue weighted by atomic mass is 28.3. The third-order valence-corrected chi connectivity index (χ3v) is 7.53. The van der Waals surface area contributed by atoms with Gasteiger partial charge < -0.3 is 13.3 Å². The van der Waals surface area contributed by atoms with Gasteiger partial charge in [0.2, 0.25) is 0 Å². The molecule has 0 unspecified atom stereocenters. The molecule has 0 N–H and O–H groups in total. The van der Waals surface area contributed by atoms with Crippen LogP contribution >= 0.6 is 0 Å². The van der Waals surface area contributed by atoms with Crippen molar-refractivity contribution in [1.29, 1.82) is 0 Å². The lowest BCUT2D eigenvalue weighted by Crippen LogP contribution is -2.28. The van der Waals surface area contributed by atoms with Crippen LogP contribution in [0.1, 0.15) is 156 Å². The molecule has 0 fully saturated rings. The van der Waals surface area contributed by atoms with Gasteiger partial charge in [-0.05, 0) is 19.3 Å². The molecule has 0 saturated heterocycles. The second-order valence-corrected chi connectivity index (χ2v) is 10.8. The molecular formula is C27H58O3Si. The maximum atomic E-state index is 6.08. The Morgan fingerprint density at radius 2 is 0.548 bits per heavy atom. The van der Waals surface area contributed by atoms with Crippen molar-refractivity contribution < 1.29 is 13.3 Å². The third kappa shape index (κ3) is 26.2. The highest BCUT2D eigenvalue weighted by Crippen LogP contribution is 2.10. The highest BCUT2D eigenvalue weighted by molar-refractivity contribution is 6.36. The summed E-state index contributed by atoms with van der Waals surface area (Å²) in [4.78, 5) is 0. The maximum Gasteiger partial charge on any atom is 0.484 e. The summed E-state index contributed by atoms with van der Waals surface area (Å²) in [5.74, 6) is 0. The zero-order valence-corrected chi connectivity index (χ0v) is 22.9. The molecule has 0 bridgehead atoms. The van der Waals surface area contributed by atoms with Crippen LogP contribution in [-0.2, 0) is 13.3 Å². The Morgan fingerprint density at radius 3 is 0.806 bits per heavy atom. The molecule has 0 aromatic carbocycles. The predicted molar refractivity (Wildman–Crippen MR) is 139 cm³/mol. The van der Waals surface area contributed by atoms with Crippen molar-refractivity contribution in [2.75, 3.05) is 19.8 Å². The van der Waals surface area contributed by atoms with Crippen molar-refractivity contribution in [3.63, 3.8) is 0 Å². The molecule has 0 rings (SSSR count). The van der Waals surface area contributed by atoms with Crippen LogP contribution in [0.2, 0.25) is 0 Å². The van der Waals surface area contributed by atoms with E-state index in [1.807, 2.05) is 0 Å². The molecule has 0 aliphatic rings. The molecule has 31 heavy (non-hydrogen) atoms. The van der Waals surface area contributed by atoms with Gasteiger partial charge in [-0.15, -0.1) is 0 Å². The van der Waals surface area contributed by atoms with E-state index in [1.165, 1.54) is 116 Å². The van der Waals surface area contributed by atoms with Gasteiger partial charge in [0.25, 0.3) is 0 Å². The molecular weight excluding hydrogens is 400 g/mol. The average Bonchev–Trinajstić information content (AvgIpc) is 2.78. The SMILES string of the molecule is CCCCCCCCCO[SiH](OCCCCCCCCC)OCCCCCCCCC. The Labute approximate surface area is 198 Å². The largest absolute Gasteiger partial charge is 0.484 e. The molecule has 0 radical (unpaired) electrons. The van der Waals surface area contributed by atoms with Crippen molar-refractivity contribution in [2.24, 2.45) is 0 Å². The summed E-state index contributed by atoms with van der Waals surface area (Å²) in [7, 11) is -1.94. The summed E-state index contributed by atoms with van der Waals surface area (Å²) in [5.41, 5.74) is 0. The van der Waals surface area contributed by atoms with Gasteiger partial charge in [0.15, 0.2) is 0 Å². The zero-order valence-electron chi connectivity index (χ0n) is 21.8. The van der Waals surface area contributed by atoms with Crippen LogP contribution in [0, 0.1) is 0 Å². The van der Waals surface area contributed by atoms with Crippen LogP contribution in [0.3, 0.4) is 0 Å². The molecule has 188 valence electrons. The normalized spacial score (nSPS) is 11.6. The molecule has 0 saturated carbocycles. The van der Waals surface area contributed by atoms with Gasteiger partial charge in [-0.25, -0.2) is 0 Å². The van der Waals surface area contributed by atoms with Crippen LogP contribution in [0.15, 0.2) is 0 Å². The molecule has 0 atom stereocenters. The van der Waals surface area contributed by atoms with E-state index in [1.54, 1.807) is 0 Å². The van der Waals surface area contributed by atoms with E-state index in [0.717, 1.165) is 39.1 Å². The molecule has 0 spiro atoms. The van der Waals surface area contributed by atoms with E-state index < -0.39 is 9.53 Å². The second kappa shape index (κ2) is 28.1. The Hall–Kier alpha value is 0.0969. The van der Waals surface area contributed by atoms with Crippen molar-refractivity contribution in [1.82, 2.24) is 0 Å². The Bertz CT molecular complexity index is 267. The Morgan fingerprint density at radius 1 is 0.323 bits per heavy atom. The van der Waals surface area contributed by atoms with E-state index in [4.69, 9.17) is 13.3 Å². The quantitative estimate of drug-likeness (QED) is 0.0907. The first-order valence-electron chi connectivity index (χ1n) is 14.2. The van der Waals surface area contributed by atoms with E-state index in [2.05, 4.69) is 20.8 Å². The van der Waals surface area contributed by atoms with Crippen LogP contribution in [0.25, 0.3) is 0 Å². The van der Waals surface area contributed by atoms with Gasteiger partial charge >= 0.3 is 9.53 Å². The summed E-state index contributed by atoms with van der Waals surface area (Å²) >= 11 is 0. The summed E-state index contributed by atoms with van der Waals surface area (Å²) in [6.07, 6.45) is 27.7. The summed E-state index contributed by atoms with van der Waals surface area (Å²) in [6.45, 7) is 9.28. The highest BCUT2D eigenvalue weighted by Gasteiger charge is 2.15. The molecule has 0 heterocycles. The lowest BCUT2D eigenvalue weighted by molar-refractivity contribution is 0.0885. The average molecular weight is 459 g/mol. The summed E-state index contributed by atoms with van der Waals surface area (Å²) < 4.78 is 18.3. The van der Waals surface area contributed by atoms with E-state index in [-0.39, 0.29) is 0 Å². The Kier molecular flexibility index (Phi) is 28.2. The minimum absolute atomic E-state index is 0.818. The molecule has 0 amide bonds. The van der Waals surface area contributed by atoms with Gasteiger partial charge in [0, 0.05) is 19.8 Å². The van der Waals surface area contributed by atoms with Crippen LogP contribution < -0.4 is 0 Å². The number of hydrogen-bond donors (Lipinski definition) is 0. The molecule has 0 aromatic rings. The van der Waals surface area contributed by atoms with Gasteiger partial charge in [0.1, 0.15) is 0 Å². The fraction of sp³-hybridized carbons (Fsp3) is 1.00. The van der Waals surface area contributed by atoms with Gasteiger partial charge in [-0.3, -0.25) is 0 Å². The first kappa shape index (κ1) is 31.1. The molecule has 4 heteroatoms. The molecule has 0 aliphatic heterocycles. The van der Waals surface area contributed by atoms with Crippen LogP contribution in [-0.4, -0.2) is 29.3 Å². The van der Waals surface area contributed by atoms with Crippen LogP contribution in [0.4, 0.5) is 0 Å². The van der Waals surface area contributed by atoms with Crippen molar-refractivity contribution in [3.05, 3.63) is 0 Å². The van der Waals surface area contributed by atoms with Crippen molar-refractivity contribution in [3.8, 4) is 0 Å². The van der Waals surface area contributed by atoms with E-state index >= 15 is 0 Å². The predicted octanol–water partition coefficient (Wildman–Crippen LogP) is 9.01. The Balaban J connectivity index is 3.82. The molecule has 0 aromatic heterocycles. The fourth-order valence-electron chi connectivity index (χ4n) is 3.86. The molecule has 0 aliphatic carbocycles. The third-order valence-electron chi connectivity index (χ3n) is 6.01. The monoisotopic (exact) mass is 458 g/mol. The first-order chi connectivity index (χ1) is 15.3. The lowest BCUT2D eigenvalue weighted by Gasteiger charge is -2.17. The fourth-order valence-corrected chi connectivity index (χ4v) is 5.23. The molecule has 3 nitrogen and oxygen atoms in total. The van der Waals surface area contributed by atoms with Gasteiger partial charge in [0.05, 0.1) is 0 Å².